The van der Waals surface area contributed by atoms with Gasteiger partial charge in [0, 0.05) is 6.92 Å². The Balaban J connectivity index is 1.89. The van der Waals surface area contributed by atoms with Crippen LogP contribution in [0, 0.1) is 0 Å². The molecule has 0 unspecified atom stereocenters. The topological polar surface area (TPSA) is 60.5 Å². The molecule has 2 aromatic rings. The van der Waals surface area contributed by atoms with Gasteiger partial charge in [0.1, 0.15) is 0 Å². The molecule has 1 aliphatic heterocycles. The zero-order valence-electron chi connectivity index (χ0n) is 11.6. The molecule has 2 heterocycles. The Morgan fingerprint density at radius 3 is 2.95 bits per heavy atom. The van der Waals surface area contributed by atoms with Crippen LogP contribution in [-0.4, -0.2) is 30.2 Å². The number of carbonyl (C=O) groups is 1. The second-order valence-corrected chi connectivity index (χ2v) is 6.48. The summed E-state index contributed by atoms with van der Waals surface area (Å²) in [7, 11) is -0.347. The average Bonchev–Trinajstić information content (AvgIpc) is 2.89. The number of benzene rings is 1. The van der Waals surface area contributed by atoms with Crippen molar-refractivity contribution in [2.75, 3.05) is 11.9 Å². The van der Waals surface area contributed by atoms with E-state index in [9.17, 15) is 4.79 Å². The van der Waals surface area contributed by atoms with Crippen LogP contribution in [0.2, 0.25) is 0 Å². The fraction of sp³-hybridized carbons (Fsp3) is 0.385. The van der Waals surface area contributed by atoms with Crippen LogP contribution < -0.4 is 10.8 Å². The third kappa shape index (κ3) is 2.70. The Labute approximate surface area is 121 Å². The Kier molecular flexibility index (Phi) is 3.28. The highest BCUT2D eigenvalue weighted by Gasteiger charge is 2.38. The number of aromatic nitrogens is 1. The van der Waals surface area contributed by atoms with E-state index in [1.165, 1.54) is 18.3 Å². The van der Waals surface area contributed by atoms with Gasteiger partial charge in [-0.2, -0.15) is 0 Å². The molecule has 0 saturated carbocycles. The number of amides is 1. The number of rotatable bonds is 2. The number of fused-ring (bicyclic) bond motifs is 1. The molecular formula is C13H15BN2O3S. The van der Waals surface area contributed by atoms with Gasteiger partial charge in [0.05, 0.1) is 22.4 Å². The molecular weight excluding hydrogens is 275 g/mol. The molecule has 5 nitrogen and oxygen atoms in total. The SMILES string of the molecule is CC(=O)Nc1nc2cc(B3OCC(C)(C)O3)ccc2s1. The smallest absolute Gasteiger partial charge is 0.404 e. The van der Waals surface area contributed by atoms with Crippen LogP contribution in [0.1, 0.15) is 20.8 Å². The highest BCUT2D eigenvalue weighted by atomic mass is 32.1. The van der Waals surface area contributed by atoms with Gasteiger partial charge in [-0.3, -0.25) is 4.79 Å². The van der Waals surface area contributed by atoms with Gasteiger partial charge in [-0.25, -0.2) is 4.98 Å². The lowest BCUT2D eigenvalue weighted by Crippen LogP contribution is -2.34. The summed E-state index contributed by atoms with van der Waals surface area (Å²) in [4.78, 5) is 15.4. The van der Waals surface area contributed by atoms with E-state index < -0.39 is 0 Å². The van der Waals surface area contributed by atoms with Gasteiger partial charge in [0.2, 0.25) is 5.91 Å². The Morgan fingerprint density at radius 1 is 1.50 bits per heavy atom. The van der Waals surface area contributed by atoms with Crippen molar-refractivity contribution >= 4 is 45.2 Å². The maximum atomic E-state index is 11.1. The molecule has 104 valence electrons. The van der Waals surface area contributed by atoms with Gasteiger partial charge in [0.15, 0.2) is 5.13 Å². The molecule has 0 bridgehead atoms. The molecule has 1 fully saturated rings. The summed E-state index contributed by atoms with van der Waals surface area (Å²) >= 11 is 1.45. The molecule has 1 N–H and O–H groups in total. The van der Waals surface area contributed by atoms with Gasteiger partial charge in [-0.05, 0) is 31.4 Å². The van der Waals surface area contributed by atoms with Gasteiger partial charge in [-0.15, -0.1) is 0 Å². The van der Waals surface area contributed by atoms with Crippen molar-refractivity contribution in [2.45, 2.75) is 26.4 Å². The van der Waals surface area contributed by atoms with E-state index in [4.69, 9.17) is 9.31 Å². The summed E-state index contributed by atoms with van der Waals surface area (Å²) in [6, 6.07) is 5.90. The monoisotopic (exact) mass is 290 g/mol. The van der Waals surface area contributed by atoms with E-state index >= 15 is 0 Å². The molecule has 7 heteroatoms. The Bertz CT molecular complexity index is 671. The molecule has 1 saturated heterocycles. The number of anilines is 1. The fourth-order valence-electron chi connectivity index (χ4n) is 2.09. The molecule has 3 rings (SSSR count). The van der Waals surface area contributed by atoms with Crippen molar-refractivity contribution < 1.29 is 14.1 Å². The van der Waals surface area contributed by atoms with E-state index in [1.54, 1.807) is 0 Å². The third-order valence-corrected chi connectivity index (χ3v) is 3.93. The summed E-state index contributed by atoms with van der Waals surface area (Å²) in [5.74, 6) is -0.117. The maximum Gasteiger partial charge on any atom is 0.494 e. The highest BCUT2D eigenvalue weighted by Crippen LogP contribution is 2.26. The summed E-state index contributed by atoms with van der Waals surface area (Å²) in [5.41, 5.74) is 1.53. The van der Waals surface area contributed by atoms with Crippen molar-refractivity contribution in [3.05, 3.63) is 18.2 Å². The van der Waals surface area contributed by atoms with Crippen LogP contribution in [0.25, 0.3) is 10.2 Å². The van der Waals surface area contributed by atoms with Crippen molar-refractivity contribution in [2.24, 2.45) is 0 Å². The average molecular weight is 290 g/mol. The maximum absolute atomic E-state index is 11.1. The van der Waals surface area contributed by atoms with E-state index in [1.807, 2.05) is 32.0 Å². The minimum atomic E-state index is -0.347. The van der Waals surface area contributed by atoms with Crippen LogP contribution in [-0.2, 0) is 14.1 Å². The van der Waals surface area contributed by atoms with Gasteiger partial charge < -0.3 is 14.6 Å². The number of hydrogen-bond acceptors (Lipinski definition) is 5. The summed E-state index contributed by atoms with van der Waals surface area (Å²) in [6.07, 6.45) is 0. The summed E-state index contributed by atoms with van der Waals surface area (Å²) in [5, 5.41) is 3.31. The number of nitrogens with one attached hydrogen (secondary N) is 1. The normalized spacial score (nSPS) is 17.6. The molecule has 1 amide bonds. The van der Waals surface area contributed by atoms with Crippen LogP contribution in [0.3, 0.4) is 0 Å². The van der Waals surface area contributed by atoms with Gasteiger partial charge >= 0.3 is 7.12 Å². The lowest BCUT2D eigenvalue weighted by Gasteiger charge is -2.15. The predicted molar refractivity (Wildman–Crippen MR) is 80.4 cm³/mol. The second-order valence-electron chi connectivity index (χ2n) is 5.45. The van der Waals surface area contributed by atoms with Gasteiger partial charge in [-0.1, -0.05) is 17.4 Å². The van der Waals surface area contributed by atoms with E-state index in [2.05, 4.69) is 10.3 Å². The van der Waals surface area contributed by atoms with Crippen molar-refractivity contribution in [3.63, 3.8) is 0 Å². The van der Waals surface area contributed by atoms with Crippen LogP contribution in [0.5, 0.6) is 0 Å². The first-order chi connectivity index (χ1) is 9.43. The number of hydrogen-bond donors (Lipinski definition) is 1. The largest absolute Gasteiger partial charge is 0.494 e. The Morgan fingerprint density at radius 2 is 2.30 bits per heavy atom. The van der Waals surface area contributed by atoms with Crippen LogP contribution in [0.4, 0.5) is 5.13 Å². The number of carbonyl (C=O) groups excluding carboxylic acids is 1. The summed E-state index contributed by atoms with van der Waals surface area (Å²) in [6.45, 7) is 6.05. The highest BCUT2D eigenvalue weighted by molar-refractivity contribution is 7.22. The molecule has 1 aliphatic rings. The van der Waals surface area contributed by atoms with Crippen LogP contribution >= 0.6 is 11.3 Å². The first-order valence-corrected chi connectivity index (χ1v) is 7.22. The molecule has 1 aromatic carbocycles. The minimum absolute atomic E-state index is 0.117. The third-order valence-electron chi connectivity index (χ3n) is 2.98. The second kappa shape index (κ2) is 4.84. The van der Waals surface area contributed by atoms with Crippen molar-refractivity contribution in [1.82, 2.24) is 4.98 Å². The molecule has 0 spiro atoms. The molecule has 0 aliphatic carbocycles. The standard InChI is InChI=1S/C13H15BN2O3S/c1-8(17)15-12-16-10-6-9(4-5-11(10)20-12)14-18-7-13(2,3)19-14/h4-6H,7H2,1-3H3,(H,15,16,17). The van der Waals surface area contributed by atoms with Crippen molar-refractivity contribution in [3.8, 4) is 0 Å². The Hall–Kier alpha value is -1.44. The lowest BCUT2D eigenvalue weighted by molar-refractivity contribution is -0.114. The van der Waals surface area contributed by atoms with E-state index in [0.29, 0.717) is 11.7 Å². The predicted octanol–water partition coefficient (Wildman–Crippen LogP) is 1.78. The van der Waals surface area contributed by atoms with Crippen molar-refractivity contribution in [1.29, 1.82) is 0 Å². The summed E-state index contributed by atoms with van der Waals surface area (Å²) < 4.78 is 12.5. The lowest BCUT2D eigenvalue weighted by atomic mass is 9.79. The number of nitrogens with zero attached hydrogens (tertiary/aromatic N) is 1. The molecule has 0 atom stereocenters. The zero-order valence-corrected chi connectivity index (χ0v) is 12.4. The van der Waals surface area contributed by atoms with Gasteiger partial charge in [0.25, 0.3) is 0 Å². The molecule has 0 radical (unpaired) electrons. The molecule has 1 aromatic heterocycles. The molecule has 20 heavy (non-hydrogen) atoms. The van der Waals surface area contributed by atoms with Crippen LogP contribution in [0.15, 0.2) is 18.2 Å². The first kappa shape index (κ1) is 13.5. The minimum Gasteiger partial charge on any atom is -0.404 e. The zero-order chi connectivity index (χ0) is 14.3. The number of thiazole rings is 1. The van der Waals surface area contributed by atoms with E-state index in [0.717, 1.165) is 15.7 Å². The first-order valence-electron chi connectivity index (χ1n) is 6.40. The quantitative estimate of drug-likeness (QED) is 0.856. The fourth-order valence-corrected chi connectivity index (χ4v) is 2.99. The van der Waals surface area contributed by atoms with E-state index in [-0.39, 0.29) is 18.6 Å².